The summed E-state index contributed by atoms with van der Waals surface area (Å²) < 4.78 is 5.34. The highest BCUT2D eigenvalue weighted by Crippen LogP contribution is 2.26. The Bertz CT molecular complexity index is 620. The second-order valence-electron chi connectivity index (χ2n) is 8.34. The van der Waals surface area contributed by atoms with Gasteiger partial charge in [-0.15, -0.1) is 11.3 Å². The molecule has 6 nitrogen and oxygen atoms in total. The van der Waals surface area contributed by atoms with Crippen LogP contribution in [-0.4, -0.2) is 55.3 Å². The summed E-state index contributed by atoms with van der Waals surface area (Å²) in [6.45, 7) is 12.5. The molecule has 7 heteroatoms. The molecule has 0 spiro atoms. The van der Waals surface area contributed by atoms with Crippen LogP contribution in [0, 0.1) is 0 Å². The van der Waals surface area contributed by atoms with E-state index in [0.29, 0.717) is 0 Å². The van der Waals surface area contributed by atoms with Crippen LogP contribution in [0.25, 0.3) is 0 Å². The quantitative estimate of drug-likeness (QED) is 0.622. The lowest BCUT2D eigenvalue weighted by Crippen LogP contribution is -2.46. The number of nitrogens with zero attached hydrogens (tertiary/aromatic N) is 2. The van der Waals surface area contributed by atoms with E-state index in [1.54, 1.807) is 18.4 Å². The first-order valence-electron chi connectivity index (χ1n) is 9.10. The molecular formula is C19H32N4O2S. The number of nitrogens with one attached hydrogen (secondary N) is 2. The van der Waals surface area contributed by atoms with E-state index in [0.717, 1.165) is 32.0 Å². The molecule has 1 aliphatic rings. The third-order valence-corrected chi connectivity index (χ3v) is 5.53. The average molecular weight is 381 g/mol. The third kappa shape index (κ3) is 5.90. The van der Waals surface area contributed by atoms with Gasteiger partial charge in [0.25, 0.3) is 0 Å². The summed E-state index contributed by atoms with van der Waals surface area (Å²) in [7, 11) is 1.80. The standard InChI is InChI=1S/C19H32N4O2S/c1-18(2,3)25-17(24)22-14-9-10-23(12-14)16(20-6)21-13-19(4,5)15-8-7-11-26-15/h7-8,11,14H,9-10,12-13H2,1-6H3,(H,20,21)(H,22,24). The second kappa shape index (κ2) is 8.29. The molecule has 1 fully saturated rings. The predicted molar refractivity (Wildman–Crippen MR) is 108 cm³/mol. The van der Waals surface area contributed by atoms with Gasteiger partial charge in [0, 0.05) is 37.0 Å². The van der Waals surface area contributed by atoms with Gasteiger partial charge in [0.15, 0.2) is 5.96 Å². The maximum Gasteiger partial charge on any atom is 0.407 e. The molecule has 0 radical (unpaired) electrons. The molecule has 1 aliphatic heterocycles. The first-order valence-corrected chi connectivity index (χ1v) is 9.98. The summed E-state index contributed by atoms with van der Waals surface area (Å²) in [6.07, 6.45) is 0.528. The zero-order valence-electron chi connectivity index (χ0n) is 16.8. The molecule has 0 aliphatic carbocycles. The van der Waals surface area contributed by atoms with Crippen LogP contribution in [0.4, 0.5) is 4.79 Å². The normalized spacial score (nSPS) is 18.8. The minimum Gasteiger partial charge on any atom is -0.444 e. The highest BCUT2D eigenvalue weighted by molar-refractivity contribution is 7.10. The molecule has 1 amide bonds. The van der Waals surface area contributed by atoms with Crippen LogP contribution in [0.2, 0.25) is 0 Å². The van der Waals surface area contributed by atoms with E-state index in [-0.39, 0.29) is 17.6 Å². The summed E-state index contributed by atoms with van der Waals surface area (Å²) >= 11 is 1.78. The molecule has 146 valence electrons. The number of carbonyl (C=O) groups is 1. The smallest absolute Gasteiger partial charge is 0.407 e. The molecule has 1 atom stereocenters. The molecule has 0 saturated carbocycles. The summed E-state index contributed by atoms with van der Waals surface area (Å²) in [5.74, 6) is 0.878. The van der Waals surface area contributed by atoms with E-state index < -0.39 is 5.60 Å². The zero-order chi connectivity index (χ0) is 19.4. The van der Waals surface area contributed by atoms with Crippen molar-refractivity contribution in [2.45, 2.75) is 58.1 Å². The maximum absolute atomic E-state index is 12.0. The highest BCUT2D eigenvalue weighted by Gasteiger charge is 2.29. The molecule has 1 unspecified atom stereocenters. The Morgan fingerprint density at radius 3 is 2.69 bits per heavy atom. The van der Waals surface area contributed by atoms with Crippen LogP contribution in [-0.2, 0) is 10.2 Å². The van der Waals surface area contributed by atoms with Gasteiger partial charge in [0.2, 0.25) is 0 Å². The van der Waals surface area contributed by atoms with Crippen molar-refractivity contribution in [1.82, 2.24) is 15.5 Å². The number of amides is 1. The lowest BCUT2D eigenvalue weighted by molar-refractivity contribution is 0.0507. The van der Waals surface area contributed by atoms with Crippen molar-refractivity contribution in [2.75, 3.05) is 26.7 Å². The van der Waals surface area contributed by atoms with Crippen LogP contribution in [0.3, 0.4) is 0 Å². The Morgan fingerprint density at radius 2 is 2.12 bits per heavy atom. The fraction of sp³-hybridized carbons (Fsp3) is 0.684. The Kier molecular flexibility index (Phi) is 6.55. The van der Waals surface area contributed by atoms with E-state index in [4.69, 9.17) is 4.74 Å². The van der Waals surface area contributed by atoms with Crippen molar-refractivity contribution in [3.8, 4) is 0 Å². The molecule has 2 heterocycles. The summed E-state index contributed by atoms with van der Waals surface area (Å²) in [4.78, 5) is 19.9. The van der Waals surface area contributed by atoms with Crippen LogP contribution < -0.4 is 10.6 Å². The summed E-state index contributed by atoms with van der Waals surface area (Å²) in [5.41, 5.74) is -0.439. The number of likely N-dealkylation sites (tertiary alicyclic amines) is 1. The first kappa shape index (κ1) is 20.6. The Labute approximate surface area is 161 Å². The van der Waals surface area contributed by atoms with Gasteiger partial charge in [-0.2, -0.15) is 0 Å². The zero-order valence-corrected chi connectivity index (χ0v) is 17.6. The lowest BCUT2D eigenvalue weighted by atomic mass is 9.91. The molecular weight excluding hydrogens is 348 g/mol. The SMILES string of the molecule is CN=C(NCC(C)(C)c1cccs1)N1CCC(NC(=O)OC(C)(C)C)C1. The second-order valence-corrected chi connectivity index (χ2v) is 9.29. The number of hydrogen-bond donors (Lipinski definition) is 2. The monoisotopic (exact) mass is 380 g/mol. The lowest BCUT2D eigenvalue weighted by Gasteiger charge is -2.28. The Hall–Kier alpha value is -1.76. The number of carbonyl (C=O) groups excluding carboxylic acids is 1. The van der Waals surface area contributed by atoms with Gasteiger partial charge in [0.1, 0.15) is 5.60 Å². The largest absolute Gasteiger partial charge is 0.444 e. The minimum absolute atomic E-state index is 0.0397. The summed E-state index contributed by atoms with van der Waals surface area (Å²) in [5, 5.41) is 8.56. The Balaban J connectivity index is 1.85. The predicted octanol–water partition coefficient (Wildman–Crippen LogP) is 3.20. The molecule has 2 rings (SSSR count). The van der Waals surface area contributed by atoms with Crippen molar-refractivity contribution in [3.05, 3.63) is 22.4 Å². The van der Waals surface area contributed by atoms with Crippen molar-refractivity contribution < 1.29 is 9.53 Å². The number of aliphatic imine (C=N–C) groups is 1. The minimum atomic E-state index is -0.479. The molecule has 2 N–H and O–H groups in total. The van der Waals surface area contributed by atoms with Crippen molar-refractivity contribution in [1.29, 1.82) is 0 Å². The Morgan fingerprint density at radius 1 is 1.38 bits per heavy atom. The number of thiophene rings is 1. The van der Waals surface area contributed by atoms with E-state index in [9.17, 15) is 4.79 Å². The van der Waals surface area contributed by atoms with E-state index in [2.05, 4.69) is 51.9 Å². The number of guanidine groups is 1. The number of ether oxygens (including phenoxy) is 1. The van der Waals surface area contributed by atoms with Gasteiger partial charge in [0.05, 0.1) is 6.04 Å². The van der Waals surface area contributed by atoms with Crippen molar-refractivity contribution >= 4 is 23.4 Å². The fourth-order valence-corrected chi connectivity index (χ4v) is 3.78. The first-order chi connectivity index (χ1) is 12.1. The number of hydrogen-bond acceptors (Lipinski definition) is 4. The third-order valence-electron chi connectivity index (χ3n) is 4.30. The molecule has 1 aromatic heterocycles. The van der Waals surface area contributed by atoms with Crippen molar-refractivity contribution in [2.24, 2.45) is 4.99 Å². The topological polar surface area (TPSA) is 66.0 Å². The molecule has 0 aromatic carbocycles. The van der Waals surface area contributed by atoms with Crippen LogP contribution >= 0.6 is 11.3 Å². The van der Waals surface area contributed by atoms with Gasteiger partial charge in [-0.1, -0.05) is 19.9 Å². The van der Waals surface area contributed by atoms with E-state index in [1.807, 2.05) is 20.8 Å². The van der Waals surface area contributed by atoms with Crippen LogP contribution in [0.1, 0.15) is 45.9 Å². The van der Waals surface area contributed by atoms with Gasteiger partial charge in [-0.25, -0.2) is 4.79 Å². The highest BCUT2D eigenvalue weighted by atomic mass is 32.1. The van der Waals surface area contributed by atoms with Gasteiger partial charge in [-0.05, 0) is 38.6 Å². The van der Waals surface area contributed by atoms with Gasteiger partial charge in [-0.3, -0.25) is 4.99 Å². The fourth-order valence-electron chi connectivity index (χ4n) is 2.93. The number of rotatable bonds is 4. The maximum atomic E-state index is 12.0. The molecule has 1 saturated heterocycles. The van der Waals surface area contributed by atoms with Crippen LogP contribution in [0.5, 0.6) is 0 Å². The van der Waals surface area contributed by atoms with Crippen molar-refractivity contribution in [3.63, 3.8) is 0 Å². The average Bonchev–Trinajstić information content (AvgIpc) is 3.17. The molecule has 1 aromatic rings. The molecule has 0 bridgehead atoms. The van der Waals surface area contributed by atoms with Gasteiger partial charge < -0.3 is 20.3 Å². The number of alkyl carbamates (subject to hydrolysis) is 1. The van der Waals surface area contributed by atoms with E-state index in [1.165, 1.54) is 4.88 Å². The van der Waals surface area contributed by atoms with Gasteiger partial charge >= 0.3 is 6.09 Å². The molecule has 26 heavy (non-hydrogen) atoms. The summed E-state index contributed by atoms with van der Waals surface area (Å²) in [6, 6.07) is 4.34. The van der Waals surface area contributed by atoms with E-state index >= 15 is 0 Å². The van der Waals surface area contributed by atoms with Crippen LogP contribution in [0.15, 0.2) is 22.5 Å².